The van der Waals surface area contributed by atoms with Gasteiger partial charge in [-0.3, -0.25) is 0 Å². The van der Waals surface area contributed by atoms with E-state index >= 15 is 0 Å². The largest absolute Gasteiger partial charge is 0.458 e. The van der Waals surface area contributed by atoms with Crippen molar-refractivity contribution in [2.45, 2.75) is 0 Å². The zero-order chi connectivity index (χ0) is 19.7. The molecular formula is C26H16BNOS. The number of anilines is 3. The lowest BCUT2D eigenvalue weighted by atomic mass is 9.37. The minimum atomic E-state index is 0.188. The number of benzene rings is 4. The van der Waals surface area contributed by atoms with E-state index in [2.05, 4.69) is 102 Å². The van der Waals surface area contributed by atoms with Crippen molar-refractivity contribution < 1.29 is 4.74 Å². The highest BCUT2D eigenvalue weighted by molar-refractivity contribution is 7.33. The summed E-state index contributed by atoms with van der Waals surface area (Å²) in [6, 6.07) is 34.3. The number of thiophene rings is 1. The molecule has 5 aromatic rings. The molecule has 0 aliphatic carbocycles. The number of nitrogens with zero attached hydrogens (tertiary/aromatic N) is 1. The Bertz CT molecular complexity index is 1440. The molecule has 0 saturated carbocycles. The molecule has 4 aromatic carbocycles. The molecular weight excluding hydrogens is 385 g/mol. The normalized spacial score (nSPS) is 13.5. The van der Waals surface area contributed by atoms with Crippen molar-refractivity contribution >= 4 is 60.9 Å². The first-order chi connectivity index (χ1) is 14.9. The zero-order valence-corrected chi connectivity index (χ0v) is 16.9. The van der Waals surface area contributed by atoms with Crippen molar-refractivity contribution in [3.05, 3.63) is 97.1 Å². The second-order valence-corrected chi connectivity index (χ2v) is 8.83. The quantitative estimate of drug-likeness (QED) is 0.346. The van der Waals surface area contributed by atoms with Gasteiger partial charge in [0.25, 0.3) is 6.71 Å². The van der Waals surface area contributed by atoms with Crippen LogP contribution < -0.4 is 25.3 Å². The highest BCUT2D eigenvalue weighted by atomic mass is 32.1. The third-order valence-corrected chi connectivity index (χ3v) is 7.34. The monoisotopic (exact) mass is 401 g/mol. The van der Waals surface area contributed by atoms with E-state index in [4.69, 9.17) is 4.74 Å². The number of ether oxygens (including phenoxy) is 1. The van der Waals surface area contributed by atoms with E-state index in [1.54, 1.807) is 0 Å². The lowest BCUT2D eigenvalue weighted by molar-refractivity contribution is 0.487. The molecule has 2 aliphatic heterocycles. The fourth-order valence-corrected chi connectivity index (χ4v) is 6.23. The van der Waals surface area contributed by atoms with Crippen LogP contribution in [0.25, 0.3) is 10.1 Å². The second-order valence-electron chi connectivity index (χ2n) is 7.74. The molecule has 0 fully saturated rings. The lowest BCUT2D eigenvalue weighted by Gasteiger charge is -2.38. The van der Waals surface area contributed by atoms with Gasteiger partial charge in [0.1, 0.15) is 11.5 Å². The molecule has 0 N–H and O–H groups in total. The third-order valence-electron chi connectivity index (χ3n) is 6.12. The van der Waals surface area contributed by atoms with E-state index in [1.165, 1.54) is 42.9 Å². The van der Waals surface area contributed by atoms with Crippen molar-refractivity contribution in [1.82, 2.24) is 0 Å². The maximum absolute atomic E-state index is 6.38. The number of para-hydroxylation sites is 2. The fraction of sp³-hybridized carbons (Fsp3) is 0. The molecule has 0 saturated heterocycles. The van der Waals surface area contributed by atoms with Crippen molar-refractivity contribution in [2.24, 2.45) is 0 Å². The van der Waals surface area contributed by atoms with Gasteiger partial charge in [0.2, 0.25) is 0 Å². The fourth-order valence-electron chi connectivity index (χ4n) is 4.91. The van der Waals surface area contributed by atoms with Gasteiger partial charge in [0.05, 0.1) is 5.69 Å². The van der Waals surface area contributed by atoms with E-state index in [1.807, 2.05) is 11.3 Å². The molecule has 4 heteroatoms. The molecule has 0 radical (unpaired) electrons. The van der Waals surface area contributed by atoms with Gasteiger partial charge in [0.15, 0.2) is 0 Å². The Morgan fingerprint density at radius 3 is 2.40 bits per heavy atom. The molecule has 0 atom stereocenters. The van der Waals surface area contributed by atoms with Gasteiger partial charge in [-0.1, -0.05) is 60.7 Å². The molecule has 2 aliphatic rings. The average molecular weight is 401 g/mol. The second kappa shape index (κ2) is 6.00. The first-order valence-corrected chi connectivity index (χ1v) is 11.0. The Morgan fingerprint density at radius 2 is 1.47 bits per heavy atom. The van der Waals surface area contributed by atoms with Crippen LogP contribution in [0.5, 0.6) is 11.5 Å². The van der Waals surface area contributed by atoms with E-state index < -0.39 is 0 Å². The van der Waals surface area contributed by atoms with Gasteiger partial charge in [-0.05, 0) is 47.3 Å². The van der Waals surface area contributed by atoms with Crippen molar-refractivity contribution in [3.8, 4) is 11.5 Å². The number of rotatable bonds is 1. The summed E-state index contributed by atoms with van der Waals surface area (Å²) in [5, 5.41) is 1.31. The standard InChI is InChI=1S/C26H16BNOS/c1-2-9-17(10-3-1)28-20-13-8-15-22-24(20)27(19-12-5-6-14-21(19)29-22)26-25(28)18-11-4-7-16-23(18)30-26/h1-16H. The third kappa shape index (κ3) is 2.09. The van der Waals surface area contributed by atoms with Crippen molar-refractivity contribution in [2.75, 3.05) is 4.90 Å². The number of fused-ring (bicyclic) bond motifs is 6. The molecule has 3 heterocycles. The minimum absolute atomic E-state index is 0.188. The van der Waals surface area contributed by atoms with Gasteiger partial charge in [-0.2, -0.15) is 0 Å². The van der Waals surface area contributed by atoms with Gasteiger partial charge in [-0.25, -0.2) is 0 Å². The Morgan fingerprint density at radius 1 is 0.700 bits per heavy atom. The number of hydrogen-bond acceptors (Lipinski definition) is 3. The molecule has 0 bridgehead atoms. The van der Waals surface area contributed by atoms with Gasteiger partial charge in [0, 0.05) is 26.2 Å². The van der Waals surface area contributed by atoms with E-state index in [0.717, 1.165) is 11.5 Å². The Kier molecular flexibility index (Phi) is 3.27. The SMILES string of the molecule is c1ccc(N2c3cccc4c3B(c3ccccc3O4)c3sc4ccccc4c32)cc1. The predicted molar refractivity (Wildman–Crippen MR) is 128 cm³/mol. The summed E-state index contributed by atoms with van der Waals surface area (Å²) in [6.07, 6.45) is 0. The van der Waals surface area contributed by atoms with Gasteiger partial charge in [-0.15, -0.1) is 11.3 Å². The lowest BCUT2D eigenvalue weighted by Crippen LogP contribution is -2.58. The molecule has 7 rings (SSSR count). The van der Waals surface area contributed by atoms with Crippen LogP contribution in [0.2, 0.25) is 0 Å². The zero-order valence-electron chi connectivity index (χ0n) is 16.1. The molecule has 0 spiro atoms. The summed E-state index contributed by atoms with van der Waals surface area (Å²) in [5.41, 5.74) is 6.19. The van der Waals surface area contributed by atoms with E-state index in [-0.39, 0.29) is 6.71 Å². The topological polar surface area (TPSA) is 12.5 Å². The van der Waals surface area contributed by atoms with Crippen LogP contribution in [0, 0.1) is 0 Å². The molecule has 140 valence electrons. The van der Waals surface area contributed by atoms with Crippen LogP contribution in [0.4, 0.5) is 17.1 Å². The van der Waals surface area contributed by atoms with E-state index in [9.17, 15) is 0 Å². The molecule has 2 nitrogen and oxygen atoms in total. The molecule has 0 unspecified atom stereocenters. The maximum atomic E-state index is 6.38. The summed E-state index contributed by atoms with van der Waals surface area (Å²) in [5.74, 6) is 1.92. The highest BCUT2D eigenvalue weighted by Crippen LogP contribution is 2.45. The smallest absolute Gasteiger partial charge is 0.268 e. The maximum Gasteiger partial charge on any atom is 0.268 e. The Hall–Kier alpha value is -3.50. The average Bonchev–Trinajstić information content (AvgIpc) is 3.19. The summed E-state index contributed by atoms with van der Waals surface area (Å²) in [7, 11) is 0. The van der Waals surface area contributed by atoms with Crippen LogP contribution >= 0.6 is 11.3 Å². The summed E-state index contributed by atoms with van der Waals surface area (Å²) in [4.78, 5) is 2.42. The van der Waals surface area contributed by atoms with E-state index in [0.29, 0.717) is 0 Å². The molecule has 30 heavy (non-hydrogen) atoms. The first-order valence-electron chi connectivity index (χ1n) is 10.2. The summed E-state index contributed by atoms with van der Waals surface area (Å²) >= 11 is 1.90. The Labute approximate surface area is 179 Å². The van der Waals surface area contributed by atoms with Crippen LogP contribution in [0.1, 0.15) is 0 Å². The minimum Gasteiger partial charge on any atom is -0.458 e. The Balaban J connectivity index is 1.63. The molecule has 0 amide bonds. The van der Waals surface area contributed by atoms with Crippen LogP contribution in [-0.4, -0.2) is 6.71 Å². The molecule has 1 aromatic heterocycles. The number of hydrogen-bond donors (Lipinski definition) is 0. The van der Waals surface area contributed by atoms with Crippen LogP contribution in [0.3, 0.4) is 0 Å². The van der Waals surface area contributed by atoms with Gasteiger partial charge < -0.3 is 9.64 Å². The predicted octanol–water partition coefficient (Wildman–Crippen LogP) is 5.31. The summed E-state index contributed by atoms with van der Waals surface area (Å²) in [6.45, 7) is 0.188. The first kappa shape index (κ1) is 16.3. The van der Waals surface area contributed by atoms with Gasteiger partial charge >= 0.3 is 0 Å². The summed E-state index contributed by atoms with van der Waals surface area (Å²) < 4.78 is 9.08. The van der Waals surface area contributed by atoms with Crippen molar-refractivity contribution in [3.63, 3.8) is 0 Å². The van der Waals surface area contributed by atoms with Crippen LogP contribution in [0.15, 0.2) is 97.1 Å². The van der Waals surface area contributed by atoms with Crippen molar-refractivity contribution in [1.29, 1.82) is 0 Å². The highest BCUT2D eigenvalue weighted by Gasteiger charge is 2.43. The van der Waals surface area contributed by atoms with Crippen LogP contribution in [-0.2, 0) is 0 Å².